The summed E-state index contributed by atoms with van der Waals surface area (Å²) in [5.41, 5.74) is 2.54. The van der Waals surface area contributed by atoms with Crippen LogP contribution in [0.3, 0.4) is 0 Å². The Morgan fingerprint density at radius 2 is 1.58 bits per heavy atom. The number of rotatable bonds is 1. The summed E-state index contributed by atoms with van der Waals surface area (Å²) in [4.78, 5) is 0. The minimum atomic E-state index is 0.283. The van der Waals surface area contributed by atoms with Gasteiger partial charge in [0.05, 0.1) is 5.92 Å². The smallest absolute Gasteiger partial charge is 0.0583 e. The zero-order chi connectivity index (χ0) is 8.39. The standard InChI is InChI=1S/C10H10N2/c1-8-2-4-9(5-3-8)10-6-11-12-7-10/h2-7,10H,1H3. The molecule has 0 bridgehead atoms. The number of aryl methyl sites for hydroxylation is 1. The van der Waals surface area contributed by atoms with Crippen LogP contribution in [0.25, 0.3) is 0 Å². The molecule has 1 heterocycles. The second-order valence-corrected chi connectivity index (χ2v) is 2.97. The molecular formula is C10H10N2. The SMILES string of the molecule is Cc1ccc(C2C=NN=C2)cc1. The molecule has 0 N–H and O–H groups in total. The van der Waals surface area contributed by atoms with Gasteiger partial charge in [-0.25, -0.2) is 0 Å². The first-order valence-electron chi connectivity index (χ1n) is 3.99. The van der Waals surface area contributed by atoms with Gasteiger partial charge in [0.15, 0.2) is 0 Å². The summed E-state index contributed by atoms with van der Waals surface area (Å²) in [7, 11) is 0. The average molecular weight is 158 g/mol. The molecule has 0 saturated carbocycles. The summed E-state index contributed by atoms with van der Waals surface area (Å²) in [6, 6.07) is 8.44. The van der Waals surface area contributed by atoms with Gasteiger partial charge in [0.2, 0.25) is 0 Å². The van der Waals surface area contributed by atoms with E-state index in [2.05, 4.69) is 41.4 Å². The van der Waals surface area contributed by atoms with Crippen molar-refractivity contribution in [1.29, 1.82) is 0 Å². The van der Waals surface area contributed by atoms with Crippen LogP contribution in [0.1, 0.15) is 17.0 Å². The Bertz CT molecular complexity index is 310. The van der Waals surface area contributed by atoms with E-state index in [1.165, 1.54) is 11.1 Å². The van der Waals surface area contributed by atoms with Crippen LogP contribution in [0.5, 0.6) is 0 Å². The Balaban J connectivity index is 2.29. The van der Waals surface area contributed by atoms with Gasteiger partial charge in [0.1, 0.15) is 0 Å². The predicted molar refractivity (Wildman–Crippen MR) is 50.9 cm³/mol. The zero-order valence-corrected chi connectivity index (χ0v) is 6.94. The molecule has 1 aromatic carbocycles. The van der Waals surface area contributed by atoms with E-state index in [-0.39, 0.29) is 5.92 Å². The highest BCUT2D eigenvalue weighted by molar-refractivity contribution is 5.93. The largest absolute Gasteiger partial charge is 0.163 e. The van der Waals surface area contributed by atoms with Gasteiger partial charge >= 0.3 is 0 Å². The Morgan fingerprint density at radius 1 is 1.00 bits per heavy atom. The Labute approximate surface area is 71.6 Å². The van der Waals surface area contributed by atoms with Crippen molar-refractivity contribution in [3.05, 3.63) is 35.4 Å². The molecule has 1 aliphatic rings. The maximum Gasteiger partial charge on any atom is 0.0583 e. The maximum absolute atomic E-state index is 3.81. The molecule has 0 saturated heterocycles. The van der Waals surface area contributed by atoms with Crippen LogP contribution in [-0.2, 0) is 0 Å². The van der Waals surface area contributed by atoms with E-state index in [0.29, 0.717) is 0 Å². The van der Waals surface area contributed by atoms with E-state index in [9.17, 15) is 0 Å². The summed E-state index contributed by atoms with van der Waals surface area (Å²) in [5, 5.41) is 7.62. The molecule has 0 atom stereocenters. The van der Waals surface area contributed by atoms with Crippen LogP contribution in [0.4, 0.5) is 0 Å². The third-order valence-electron chi connectivity index (χ3n) is 1.98. The number of nitrogens with zero attached hydrogens (tertiary/aromatic N) is 2. The van der Waals surface area contributed by atoms with Gasteiger partial charge in [0.25, 0.3) is 0 Å². The fourth-order valence-corrected chi connectivity index (χ4v) is 1.22. The lowest BCUT2D eigenvalue weighted by Gasteiger charge is -2.02. The summed E-state index contributed by atoms with van der Waals surface area (Å²) >= 11 is 0. The first-order valence-corrected chi connectivity index (χ1v) is 3.99. The maximum atomic E-state index is 3.81. The van der Waals surface area contributed by atoms with E-state index >= 15 is 0 Å². The molecular weight excluding hydrogens is 148 g/mol. The van der Waals surface area contributed by atoms with Crippen molar-refractivity contribution in [3.63, 3.8) is 0 Å². The third kappa shape index (κ3) is 1.28. The molecule has 60 valence electrons. The van der Waals surface area contributed by atoms with Gasteiger partial charge in [-0.05, 0) is 12.5 Å². The molecule has 0 aromatic heterocycles. The van der Waals surface area contributed by atoms with Crippen molar-refractivity contribution in [1.82, 2.24) is 0 Å². The normalized spacial score (nSPS) is 15.8. The highest BCUT2D eigenvalue weighted by atomic mass is 15.2. The molecule has 0 unspecified atom stereocenters. The molecule has 0 amide bonds. The van der Waals surface area contributed by atoms with Gasteiger partial charge in [-0.1, -0.05) is 29.8 Å². The van der Waals surface area contributed by atoms with E-state index in [4.69, 9.17) is 0 Å². The minimum Gasteiger partial charge on any atom is -0.163 e. The molecule has 2 heteroatoms. The van der Waals surface area contributed by atoms with Crippen molar-refractivity contribution >= 4 is 12.4 Å². The lowest BCUT2D eigenvalue weighted by atomic mass is 10.0. The van der Waals surface area contributed by atoms with E-state index in [1.807, 2.05) is 12.4 Å². The van der Waals surface area contributed by atoms with Gasteiger partial charge in [-0.15, -0.1) is 0 Å². The molecule has 0 fully saturated rings. The number of hydrogen-bond acceptors (Lipinski definition) is 2. The first-order chi connectivity index (χ1) is 5.86. The van der Waals surface area contributed by atoms with E-state index in [1.54, 1.807) is 0 Å². The summed E-state index contributed by atoms with van der Waals surface area (Å²) in [6.45, 7) is 2.08. The van der Waals surface area contributed by atoms with Crippen molar-refractivity contribution in [2.75, 3.05) is 0 Å². The highest BCUT2D eigenvalue weighted by Gasteiger charge is 2.08. The number of hydrogen-bond donors (Lipinski definition) is 0. The Morgan fingerprint density at radius 3 is 2.17 bits per heavy atom. The van der Waals surface area contributed by atoms with Crippen LogP contribution in [0.15, 0.2) is 34.5 Å². The lowest BCUT2D eigenvalue weighted by molar-refractivity contribution is 1.27. The first kappa shape index (κ1) is 7.22. The molecule has 0 spiro atoms. The third-order valence-corrected chi connectivity index (χ3v) is 1.98. The van der Waals surface area contributed by atoms with Crippen molar-refractivity contribution in [2.24, 2.45) is 10.2 Å². The number of benzene rings is 1. The monoisotopic (exact) mass is 158 g/mol. The zero-order valence-electron chi connectivity index (χ0n) is 6.94. The van der Waals surface area contributed by atoms with Crippen LogP contribution in [0.2, 0.25) is 0 Å². The summed E-state index contributed by atoms with van der Waals surface area (Å²) in [5.74, 6) is 0.283. The van der Waals surface area contributed by atoms with Crippen LogP contribution >= 0.6 is 0 Å². The molecule has 2 rings (SSSR count). The molecule has 0 aliphatic carbocycles. The lowest BCUT2D eigenvalue weighted by Crippen LogP contribution is -1.97. The Hall–Kier alpha value is -1.44. The minimum absolute atomic E-state index is 0.283. The van der Waals surface area contributed by atoms with Crippen molar-refractivity contribution in [2.45, 2.75) is 12.8 Å². The van der Waals surface area contributed by atoms with Gasteiger partial charge in [0, 0.05) is 12.4 Å². The average Bonchev–Trinajstić information content (AvgIpc) is 2.58. The van der Waals surface area contributed by atoms with Gasteiger partial charge < -0.3 is 0 Å². The summed E-state index contributed by atoms with van der Waals surface area (Å²) < 4.78 is 0. The van der Waals surface area contributed by atoms with Crippen LogP contribution in [-0.4, -0.2) is 12.4 Å². The second-order valence-electron chi connectivity index (χ2n) is 2.97. The molecule has 1 aromatic rings. The molecule has 1 aliphatic heterocycles. The predicted octanol–water partition coefficient (Wildman–Crippen LogP) is 2.15. The van der Waals surface area contributed by atoms with Crippen LogP contribution in [0, 0.1) is 6.92 Å². The van der Waals surface area contributed by atoms with Gasteiger partial charge in [-0.2, -0.15) is 10.2 Å². The van der Waals surface area contributed by atoms with Crippen LogP contribution < -0.4 is 0 Å². The Kier molecular flexibility index (Phi) is 1.74. The van der Waals surface area contributed by atoms with Crippen molar-refractivity contribution in [3.8, 4) is 0 Å². The second kappa shape index (κ2) is 2.89. The topological polar surface area (TPSA) is 24.7 Å². The van der Waals surface area contributed by atoms with Crippen molar-refractivity contribution < 1.29 is 0 Å². The molecule has 2 nitrogen and oxygen atoms in total. The van der Waals surface area contributed by atoms with E-state index < -0.39 is 0 Å². The summed E-state index contributed by atoms with van der Waals surface area (Å²) in [6.07, 6.45) is 3.70. The molecule has 12 heavy (non-hydrogen) atoms. The quantitative estimate of drug-likeness (QED) is 0.598. The fraction of sp³-hybridized carbons (Fsp3) is 0.200. The van der Waals surface area contributed by atoms with E-state index in [0.717, 1.165) is 0 Å². The van der Waals surface area contributed by atoms with Gasteiger partial charge in [-0.3, -0.25) is 0 Å². The fourth-order valence-electron chi connectivity index (χ4n) is 1.22. The molecule has 0 radical (unpaired) electrons. The highest BCUT2D eigenvalue weighted by Crippen LogP contribution is 2.15.